The Morgan fingerprint density at radius 1 is 1.19 bits per heavy atom. The first-order chi connectivity index (χ1) is 12.7. The van der Waals surface area contributed by atoms with Crippen LogP contribution in [0.15, 0.2) is 24.3 Å². The molecular weight excluding hydrogens is 346 g/mol. The summed E-state index contributed by atoms with van der Waals surface area (Å²) in [5, 5.41) is 10.1. The zero-order valence-electron chi connectivity index (χ0n) is 15.6. The quantitative estimate of drug-likeness (QED) is 0.658. The summed E-state index contributed by atoms with van der Waals surface area (Å²) in [4.78, 5) is 14.4. The molecule has 0 radical (unpaired) electrons. The van der Waals surface area contributed by atoms with Crippen molar-refractivity contribution in [1.82, 2.24) is 10.2 Å². The second kappa shape index (κ2) is 9.12. The number of hydrogen-bond donors (Lipinski definition) is 0. The molecule has 0 saturated heterocycles. The summed E-state index contributed by atoms with van der Waals surface area (Å²) in [5.74, 6) is 1.73. The molecule has 26 heavy (non-hydrogen) atoms. The molecular formula is C20H27N3O2S. The number of aromatic nitrogens is 2. The topological polar surface area (TPSA) is 55.3 Å². The Hall–Kier alpha value is -1.95. The Bertz CT molecular complexity index is 708. The molecule has 1 amide bonds. The van der Waals surface area contributed by atoms with Gasteiger partial charge in [-0.25, -0.2) is 0 Å². The van der Waals surface area contributed by atoms with E-state index >= 15 is 0 Å². The van der Waals surface area contributed by atoms with E-state index in [9.17, 15) is 4.79 Å². The summed E-state index contributed by atoms with van der Waals surface area (Å²) in [6.45, 7) is 5.23. The van der Waals surface area contributed by atoms with E-state index in [1.54, 1.807) is 4.90 Å². The third kappa shape index (κ3) is 4.61. The van der Waals surface area contributed by atoms with Crippen molar-refractivity contribution in [2.45, 2.75) is 52.4 Å². The van der Waals surface area contributed by atoms with Gasteiger partial charge in [0.05, 0.1) is 6.61 Å². The molecule has 0 unspecified atom stereocenters. The zero-order valence-corrected chi connectivity index (χ0v) is 16.4. The number of carbonyl (C=O) groups is 1. The van der Waals surface area contributed by atoms with Crippen LogP contribution in [0.3, 0.4) is 0 Å². The van der Waals surface area contributed by atoms with Gasteiger partial charge in [0.15, 0.2) is 0 Å². The molecule has 0 N–H and O–H groups in total. The number of nitrogens with zero attached hydrogens (tertiary/aromatic N) is 3. The van der Waals surface area contributed by atoms with Crippen molar-refractivity contribution in [3.8, 4) is 16.3 Å². The summed E-state index contributed by atoms with van der Waals surface area (Å²) < 4.78 is 5.47. The Morgan fingerprint density at radius 2 is 1.92 bits per heavy atom. The molecule has 1 saturated carbocycles. The van der Waals surface area contributed by atoms with Crippen LogP contribution >= 0.6 is 11.3 Å². The minimum atomic E-state index is 0.161. The normalized spacial score (nSPS) is 14.5. The monoisotopic (exact) mass is 373 g/mol. The number of hydrogen-bond acceptors (Lipinski definition) is 5. The number of carbonyl (C=O) groups excluding carboxylic acids is 1. The SMILES string of the molecule is CCOc1ccc(-c2nnc(N(CC)C(=O)CCC3CCCC3)s2)cc1. The highest BCUT2D eigenvalue weighted by Gasteiger charge is 2.21. The summed E-state index contributed by atoms with van der Waals surface area (Å²) in [6, 6.07) is 7.83. The van der Waals surface area contributed by atoms with Gasteiger partial charge in [0, 0.05) is 18.5 Å². The lowest BCUT2D eigenvalue weighted by atomic mass is 10.0. The average molecular weight is 374 g/mol. The molecule has 3 rings (SSSR count). The van der Waals surface area contributed by atoms with Crippen molar-refractivity contribution in [1.29, 1.82) is 0 Å². The van der Waals surface area contributed by atoms with Crippen LogP contribution in [0.4, 0.5) is 5.13 Å². The van der Waals surface area contributed by atoms with Gasteiger partial charge in [-0.15, -0.1) is 10.2 Å². The summed E-state index contributed by atoms with van der Waals surface area (Å²) in [6.07, 6.45) is 6.80. The average Bonchev–Trinajstić information content (AvgIpc) is 3.34. The smallest absolute Gasteiger partial charge is 0.228 e. The Labute approximate surface area is 159 Å². The largest absolute Gasteiger partial charge is 0.494 e. The third-order valence-corrected chi connectivity index (χ3v) is 5.91. The minimum absolute atomic E-state index is 0.161. The molecule has 1 heterocycles. The van der Waals surface area contributed by atoms with Gasteiger partial charge in [0.2, 0.25) is 11.0 Å². The van der Waals surface area contributed by atoms with Gasteiger partial charge in [-0.3, -0.25) is 9.69 Å². The Morgan fingerprint density at radius 3 is 2.58 bits per heavy atom. The van der Waals surface area contributed by atoms with Crippen LogP contribution in [-0.2, 0) is 4.79 Å². The fourth-order valence-electron chi connectivity index (χ4n) is 3.48. The van der Waals surface area contributed by atoms with E-state index in [1.165, 1.54) is 37.0 Å². The second-order valence-corrected chi connectivity index (χ2v) is 7.63. The fourth-order valence-corrected chi connectivity index (χ4v) is 4.41. The molecule has 0 aliphatic heterocycles. The number of amides is 1. The number of anilines is 1. The molecule has 1 aliphatic carbocycles. The first-order valence-corrected chi connectivity index (χ1v) is 10.4. The van der Waals surface area contributed by atoms with E-state index in [2.05, 4.69) is 10.2 Å². The zero-order chi connectivity index (χ0) is 18.4. The van der Waals surface area contributed by atoms with Crippen molar-refractivity contribution >= 4 is 22.4 Å². The molecule has 1 aromatic carbocycles. The van der Waals surface area contributed by atoms with Crippen molar-refractivity contribution in [2.24, 2.45) is 5.92 Å². The highest BCUT2D eigenvalue weighted by atomic mass is 32.1. The van der Waals surface area contributed by atoms with Crippen molar-refractivity contribution in [3.05, 3.63) is 24.3 Å². The van der Waals surface area contributed by atoms with Gasteiger partial charge in [0.25, 0.3) is 0 Å². The highest BCUT2D eigenvalue weighted by Crippen LogP contribution is 2.32. The fraction of sp³-hybridized carbons (Fsp3) is 0.550. The molecule has 6 heteroatoms. The van der Waals surface area contributed by atoms with Crippen LogP contribution in [0, 0.1) is 5.92 Å². The Balaban J connectivity index is 1.64. The third-order valence-electron chi connectivity index (χ3n) is 4.92. The number of rotatable bonds is 8. The highest BCUT2D eigenvalue weighted by molar-refractivity contribution is 7.18. The number of ether oxygens (including phenoxy) is 1. The first kappa shape index (κ1) is 18.8. The number of benzene rings is 1. The van der Waals surface area contributed by atoms with Crippen molar-refractivity contribution in [2.75, 3.05) is 18.1 Å². The minimum Gasteiger partial charge on any atom is -0.494 e. The van der Waals surface area contributed by atoms with Crippen LogP contribution in [0.25, 0.3) is 10.6 Å². The van der Waals surface area contributed by atoms with Crippen LogP contribution < -0.4 is 9.64 Å². The second-order valence-electron chi connectivity index (χ2n) is 6.67. The van der Waals surface area contributed by atoms with E-state index in [0.29, 0.717) is 24.7 Å². The standard InChI is InChI=1S/C20H27N3O2S/c1-3-23(18(24)14-9-15-7-5-6-8-15)20-22-21-19(26-20)16-10-12-17(13-11-16)25-4-2/h10-13,15H,3-9,14H2,1-2H3. The molecule has 1 aromatic heterocycles. The van der Waals surface area contributed by atoms with Gasteiger partial charge in [-0.1, -0.05) is 37.0 Å². The molecule has 0 spiro atoms. The van der Waals surface area contributed by atoms with Crippen molar-refractivity contribution in [3.63, 3.8) is 0 Å². The van der Waals surface area contributed by atoms with Crippen LogP contribution in [-0.4, -0.2) is 29.3 Å². The van der Waals surface area contributed by atoms with Gasteiger partial charge < -0.3 is 4.74 Å². The van der Waals surface area contributed by atoms with Crippen molar-refractivity contribution < 1.29 is 9.53 Å². The maximum atomic E-state index is 12.6. The van der Waals surface area contributed by atoms with E-state index in [1.807, 2.05) is 38.1 Å². The molecule has 1 fully saturated rings. The van der Waals surface area contributed by atoms with Crippen LogP contribution in [0.5, 0.6) is 5.75 Å². The van der Waals surface area contributed by atoms with E-state index in [0.717, 1.165) is 28.7 Å². The predicted octanol–water partition coefficient (Wildman–Crippen LogP) is 4.93. The molecule has 2 aromatic rings. The van der Waals surface area contributed by atoms with Gasteiger partial charge in [-0.05, 0) is 50.5 Å². The summed E-state index contributed by atoms with van der Waals surface area (Å²) >= 11 is 1.47. The van der Waals surface area contributed by atoms with E-state index in [-0.39, 0.29) is 5.91 Å². The lowest BCUT2D eigenvalue weighted by molar-refractivity contribution is -0.118. The summed E-state index contributed by atoms with van der Waals surface area (Å²) in [5.41, 5.74) is 0.992. The molecule has 1 aliphatic rings. The Kier molecular flexibility index (Phi) is 6.61. The molecule has 0 bridgehead atoms. The van der Waals surface area contributed by atoms with Crippen LogP contribution in [0.2, 0.25) is 0 Å². The molecule has 5 nitrogen and oxygen atoms in total. The molecule has 0 atom stereocenters. The lowest BCUT2D eigenvalue weighted by Gasteiger charge is -2.18. The lowest BCUT2D eigenvalue weighted by Crippen LogP contribution is -2.30. The van der Waals surface area contributed by atoms with Crippen LogP contribution in [0.1, 0.15) is 52.4 Å². The molecule has 140 valence electrons. The first-order valence-electron chi connectivity index (χ1n) is 9.58. The predicted molar refractivity (Wildman–Crippen MR) is 106 cm³/mol. The van der Waals surface area contributed by atoms with E-state index < -0.39 is 0 Å². The maximum Gasteiger partial charge on any atom is 0.228 e. The maximum absolute atomic E-state index is 12.6. The van der Waals surface area contributed by atoms with E-state index in [4.69, 9.17) is 4.74 Å². The van der Waals surface area contributed by atoms with Gasteiger partial charge in [0.1, 0.15) is 10.8 Å². The van der Waals surface area contributed by atoms with Gasteiger partial charge >= 0.3 is 0 Å². The van der Waals surface area contributed by atoms with Gasteiger partial charge in [-0.2, -0.15) is 0 Å². The summed E-state index contributed by atoms with van der Waals surface area (Å²) in [7, 11) is 0.